The van der Waals surface area contributed by atoms with Gasteiger partial charge >= 0.3 is 0 Å². The van der Waals surface area contributed by atoms with Gasteiger partial charge in [-0.15, -0.1) is 0 Å². The summed E-state index contributed by atoms with van der Waals surface area (Å²) in [5, 5.41) is 17.3. The van der Waals surface area contributed by atoms with Crippen molar-refractivity contribution in [3.8, 4) is 89.0 Å². The van der Waals surface area contributed by atoms with Crippen LogP contribution in [0.4, 0.5) is 0 Å². The van der Waals surface area contributed by atoms with Gasteiger partial charge in [-0.3, -0.25) is 0 Å². The van der Waals surface area contributed by atoms with Crippen molar-refractivity contribution in [3.05, 3.63) is 315 Å². The number of rotatable bonds is 8. The van der Waals surface area contributed by atoms with Gasteiger partial charge in [-0.05, 0) is 213 Å². The van der Waals surface area contributed by atoms with Crippen LogP contribution in [-0.2, 0) is 0 Å². The molecule has 16 rings (SSSR count). The molecule has 82 heavy (non-hydrogen) atoms. The molecule has 0 heterocycles. The Morgan fingerprint density at radius 3 is 0.561 bits per heavy atom. The Morgan fingerprint density at radius 1 is 0.110 bits per heavy atom. The minimum atomic E-state index is 1.20. The van der Waals surface area contributed by atoms with E-state index >= 15 is 0 Å². The first-order chi connectivity index (χ1) is 40.7. The second kappa shape index (κ2) is 19.6. The van der Waals surface area contributed by atoms with Crippen molar-refractivity contribution in [2.45, 2.75) is 0 Å². The van der Waals surface area contributed by atoms with Gasteiger partial charge in [0, 0.05) is 0 Å². The van der Waals surface area contributed by atoms with E-state index in [1.54, 1.807) is 0 Å². The summed E-state index contributed by atoms with van der Waals surface area (Å²) in [5.41, 5.74) is 19.5. The normalized spacial score (nSPS) is 11.7. The maximum absolute atomic E-state index is 2.52. The lowest BCUT2D eigenvalue weighted by atomic mass is 9.81. The smallest absolute Gasteiger partial charge is 0.00199 e. The molecular weight excluding hydrogens is 985 g/mol. The van der Waals surface area contributed by atoms with Crippen molar-refractivity contribution in [2.75, 3.05) is 0 Å². The van der Waals surface area contributed by atoms with Gasteiger partial charge in [-0.25, -0.2) is 0 Å². The molecule has 0 unspecified atom stereocenters. The third-order valence-corrected chi connectivity index (χ3v) is 17.2. The van der Waals surface area contributed by atoms with Crippen LogP contribution in [0.25, 0.3) is 164 Å². The van der Waals surface area contributed by atoms with E-state index in [4.69, 9.17) is 0 Å². The lowest BCUT2D eigenvalue weighted by Crippen LogP contribution is -1.95. The minimum absolute atomic E-state index is 1.20. The molecule has 0 fully saturated rings. The molecule has 0 aromatic heterocycles. The molecule has 0 heteroatoms. The quantitative estimate of drug-likeness (QED) is 0.105. The van der Waals surface area contributed by atoms with Gasteiger partial charge < -0.3 is 0 Å². The summed E-state index contributed by atoms with van der Waals surface area (Å²) in [7, 11) is 0. The number of benzene rings is 16. The summed E-state index contributed by atoms with van der Waals surface area (Å²) >= 11 is 0. The van der Waals surface area contributed by atoms with Crippen LogP contribution in [-0.4, -0.2) is 0 Å². The van der Waals surface area contributed by atoms with Crippen molar-refractivity contribution in [2.24, 2.45) is 0 Å². The molecule has 380 valence electrons. The van der Waals surface area contributed by atoms with Crippen LogP contribution in [0.3, 0.4) is 0 Å². The fourth-order valence-electron chi connectivity index (χ4n) is 13.6. The van der Waals surface area contributed by atoms with Crippen LogP contribution >= 0.6 is 0 Å². The summed E-state index contributed by atoms with van der Waals surface area (Å²) in [4.78, 5) is 0. The van der Waals surface area contributed by atoms with Crippen LogP contribution < -0.4 is 0 Å². The Morgan fingerprint density at radius 2 is 0.305 bits per heavy atom. The van der Waals surface area contributed by atoms with Crippen molar-refractivity contribution < 1.29 is 0 Å². The number of hydrogen-bond acceptors (Lipinski definition) is 0. The Balaban J connectivity index is 0.948. The fourth-order valence-corrected chi connectivity index (χ4v) is 13.6. The Labute approximate surface area is 477 Å². The van der Waals surface area contributed by atoms with E-state index in [9.17, 15) is 0 Å². The van der Waals surface area contributed by atoms with E-state index in [1.807, 2.05) is 0 Å². The van der Waals surface area contributed by atoms with Crippen LogP contribution in [0.5, 0.6) is 0 Å². The molecule has 0 saturated heterocycles. The molecule has 0 radical (unpaired) electrons. The minimum Gasteiger partial charge on any atom is -0.0622 e. The summed E-state index contributed by atoms with van der Waals surface area (Å²) in [6, 6.07) is 117. The Bertz CT molecular complexity index is 4610. The van der Waals surface area contributed by atoms with Gasteiger partial charge in [0.25, 0.3) is 0 Å². The van der Waals surface area contributed by atoms with Gasteiger partial charge in [0.2, 0.25) is 0 Å². The molecule has 0 amide bonds. The van der Waals surface area contributed by atoms with Gasteiger partial charge in [0.1, 0.15) is 0 Å². The van der Waals surface area contributed by atoms with Gasteiger partial charge in [0.15, 0.2) is 0 Å². The zero-order chi connectivity index (χ0) is 54.1. The molecule has 0 aliphatic heterocycles. The van der Waals surface area contributed by atoms with E-state index in [2.05, 4.69) is 315 Å². The van der Waals surface area contributed by atoms with Crippen molar-refractivity contribution in [3.63, 3.8) is 0 Å². The third kappa shape index (κ3) is 7.83. The molecule has 0 bridgehead atoms. The predicted octanol–water partition coefficient (Wildman–Crippen LogP) is 23.1. The van der Waals surface area contributed by atoms with Crippen LogP contribution in [0, 0.1) is 0 Å². The lowest BCUT2D eigenvalue weighted by molar-refractivity contribution is 1.58. The molecule has 16 aromatic carbocycles. The molecule has 0 aliphatic rings. The highest BCUT2D eigenvalue weighted by atomic mass is 14.3. The summed E-state index contributed by atoms with van der Waals surface area (Å²) < 4.78 is 0. The molecule has 0 saturated carbocycles. The summed E-state index contributed by atoms with van der Waals surface area (Å²) in [5.74, 6) is 0. The first-order valence-corrected chi connectivity index (χ1v) is 28.5. The largest absolute Gasteiger partial charge is 0.0622 e. The summed E-state index contributed by atoms with van der Waals surface area (Å²) in [6.45, 7) is 0. The molecule has 0 atom stereocenters. The highest BCUT2D eigenvalue weighted by molar-refractivity contribution is 6.31. The van der Waals surface area contributed by atoms with Gasteiger partial charge in [0.05, 0.1) is 0 Å². The number of fused-ring (bicyclic) bond motifs is 9. The van der Waals surface area contributed by atoms with Crippen molar-refractivity contribution >= 4 is 75.4 Å². The van der Waals surface area contributed by atoms with E-state index in [0.29, 0.717) is 0 Å². The Kier molecular flexibility index (Phi) is 11.3. The van der Waals surface area contributed by atoms with Crippen LogP contribution in [0.15, 0.2) is 315 Å². The highest BCUT2D eigenvalue weighted by Crippen LogP contribution is 2.52. The maximum Gasteiger partial charge on any atom is -0.00199 e. The SMILES string of the molecule is c1ccc(-c2cc(-c3ccccc3)cc(-c3c4ccccc4c(-c4cc5c6ccccc6c(-c6c7ccccc7c(-c7cc(-c8ccccc8)cc(-c8ccccc8)c7)c7ccccc67)cc5c5ccccc45)c4ccccc34)c2)cc1. The molecule has 0 spiro atoms. The van der Waals surface area contributed by atoms with Crippen molar-refractivity contribution in [1.29, 1.82) is 0 Å². The second-order valence-electron chi connectivity index (χ2n) is 21.8. The molecule has 0 nitrogen and oxygen atoms in total. The first kappa shape index (κ1) is 47.3. The van der Waals surface area contributed by atoms with E-state index < -0.39 is 0 Å². The summed E-state index contributed by atoms with van der Waals surface area (Å²) in [6.07, 6.45) is 0. The molecule has 0 aliphatic carbocycles. The van der Waals surface area contributed by atoms with E-state index in [1.165, 1.54) is 164 Å². The number of hydrogen-bond donors (Lipinski definition) is 0. The average Bonchev–Trinajstić information content (AvgIpc) is 2.94. The Hall–Kier alpha value is -10.7. The van der Waals surface area contributed by atoms with E-state index in [-0.39, 0.29) is 0 Å². The molecule has 0 N–H and O–H groups in total. The molecular formula is C82H52. The average molecular weight is 1040 g/mol. The topological polar surface area (TPSA) is 0 Å². The van der Waals surface area contributed by atoms with Gasteiger partial charge in [-0.1, -0.05) is 267 Å². The van der Waals surface area contributed by atoms with E-state index in [0.717, 1.165) is 0 Å². The second-order valence-corrected chi connectivity index (χ2v) is 21.8. The highest BCUT2D eigenvalue weighted by Gasteiger charge is 2.24. The maximum atomic E-state index is 2.52. The third-order valence-electron chi connectivity index (χ3n) is 17.2. The zero-order valence-corrected chi connectivity index (χ0v) is 45.0. The monoisotopic (exact) mass is 1040 g/mol. The van der Waals surface area contributed by atoms with Crippen LogP contribution in [0.1, 0.15) is 0 Å². The lowest BCUT2D eigenvalue weighted by Gasteiger charge is -2.22. The van der Waals surface area contributed by atoms with Crippen molar-refractivity contribution in [1.82, 2.24) is 0 Å². The van der Waals surface area contributed by atoms with Crippen LogP contribution in [0.2, 0.25) is 0 Å². The predicted molar refractivity (Wildman–Crippen MR) is 352 cm³/mol. The first-order valence-electron chi connectivity index (χ1n) is 28.5. The van der Waals surface area contributed by atoms with Gasteiger partial charge in [-0.2, -0.15) is 0 Å². The molecule has 16 aromatic rings. The standard InChI is InChI=1S/C82H52/c1-5-25-53(26-6-1)57-45-58(54-27-7-2-8-28-54)48-61(47-57)79-67-37-17-21-41-71(67)81(72-42-22-18-38-68(72)79)77-51-75-64-34-14-16-36-66(64)78(52-76(75)63-33-13-15-35-65(63)77)82-73-43-23-19-39-69(73)80(70-40-20-24-44-74(70)82)62-49-59(55-29-9-3-10-30-55)46-60(50-62)56-31-11-4-12-32-56/h1-52H. The zero-order valence-electron chi connectivity index (χ0n) is 45.0. The fraction of sp³-hybridized carbons (Fsp3) is 0.